The van der Waals surface area contributed by atoms with Gasteiger partial charge in [-0.1, -0.05) is 6.07 Å². The smallest absolute Gasteiger partial charge is 0.339 e. The molecule has 0 unspecified atom stereocenters. The summed E-state index contributed by atoms with van der Waals surface area (Å²) in [6, 6.07) is 9.92. The fourth-order valence-electron chi connectivity index (χ4n) is 1.72. The first kappa shape index (κ1) is 14.3. The second-order valence-electron chi connectivity index (χ2n) is 4.27. The molecule has 0 aromatic heterocycles. The maximum atomic E-state index is 13.7. The Kier molecular flexibility index (Phi) is 4.05. The van der Waals surface area contributed by atoms with Crippen LogP contribution in [-0.2, 0) is 6.61 Å². The van der Waals surface area contributed by atoms with Gasteiger partial charge >= 0.3 is 5.97 Å². The standard InChI is InChI=1S/C15H11FN2O3/c16-13-5-9(7-17)1-2-10(13)8-21-14-6-11(18)3-4-12(14)15(19)20/h1-6H,8,18H2,(H,19,20). The van der Waals surface area contributed by atoms with Crippen molar-refractivity contribution in [1.29, 1.82) is 5.26 Å². The molecule has 0 aliphatic heterocycles. The van der Waals surface area contributed by atoms with Crippen molar-refractivity contribution in [3.63, 3.8) is 0 Å². The summed E-state index contributed by atoms with van der Waals surface area (Å²) in [6.07, 6.45) is 0. The van der Waals surface area contributed by atoms with E-state index in [1.807, 2.05) is 6.07 Å². The Balaban J connectivity index is 2.22. The molecule has 0 heterocycles. The molecule has 0 amide bonds. The monoisotopic (exact) mass is 286 g/mol. The van der Waals surface area contributed by atoms with Gasteiger partial charge in [0.15, 0.2) is 0 Å². The zero-order chi connectivity index (χ0) is 15.4. The predicted molar refractivity (Wildman–Crippen MR) is 73.3 cm³/mol. The van der Waals surface area contributed by atoms with Crippen molar-refractivity contribution >= 4 is 11.7 Å². The minimum absolute atomic E-state index is 0.0572. The van der Waals surface area contributed by atoms with E-state index in [9.17, 15) is 9.18 Å². The first-order valence-corrected chi connectivity index (χ1v) is 5.95. The lowest BCUT2D eigenvalue weighted by Crippen LogP contribution is -2.05. The number of carboxylic acids is 1. The lowest BCUT2D eigenvalue weighted by molar-refractivity contribution is 0.0692. The average Bonchev–Trinajstić information content (AvgIpc) is 2.45. The number of nitrogens with two attached hydrogens (primary N) is 1. The summed E-state index contributed by atoms with van der Waals surface area (Å²) in [6.45, 7) is -0.165. The van der Waals surface area contributed by atoms with Gasteiger partial charge in [0.1, 0.15) is 23.7 Å². The van der Waals surface area contributed by atoms with Crippen LogP contribution in [0.3, 0.4) is 0 Å². The zero-order valence-corrected chi connectivity index (χ0v) is 10.8. The van der Waals surface area contributed by atoms with E-state index in [1.54, 1.807) is 0 Å². The van der Waals surface area contributed by atoms with Gasteiger partial charge in [0, 0.05) is 17.3 Å². The fraction of sp³-hybridized carbons (Fsp3) is 0.0667. The van der Waals surface area contributed by atoms with Gasteiger partial charge in [-0.2, -0.15) is 5.26 Å². The molecule has 2 rings (SSSR count). The number of nitriles is 1. The fourth-order valence-corrected chi connectivity index (χ4v) is 1.72. The predicted octanol–water partition coefficient (Wildman–Crippen LogP) is 2.56. The Bertz CT molecular complexity index is 738. The van der Waals surface area contributed by atoms with Crippen LogP contribution >= 0.6 is 0 Å². The van der Waals surface area contributed by atoms with Crippen LogP contribution in [0.2, 0.25) is 0 Å². The number of halogens is 1. The summed E-state index contributed by atoms with van der Waals surface area (Å²) in [5, 5.41) is 17.7. The number of benzene rings is 2. The summed E-state index contributed by atoms with van der Waals surface area (Å²) < 4.78 is 19.0. The van der Waals surface area contributed by atoms with E-state index in [0.29, 0.717) is 5.69 Å². The lowest BCUT2D eigenvalue weighted by Gasteiger charge is -2.10. The maximum absolute atomic E-state index is 13.7. The molecule has 2 aromatic carbocycles. The Morgan fingerprint density at radius 3 is 2.71 bits per heavy atom. The van der Waals surface area contributed by atoms with E-state index in [2.05, 4.69) is 0 Å². The van der Waals surface area contributed by atoms with Gasteiger partial charge in [-0.25, -0.2) is 9.18 Å². The van der Waals surface area contributed by atoms with Gasteiger partial charge in [0.2, 0.25) is 0 Å². The topological polar surface area (TPSA) is 96.3 Å². The molecular formula is C15H11FN2O3. The van der Waals surface area contributed by atoms with Gasteiger partial charge in [-0.05, 0) is 24.3 Å². The molecule has 106 valence electrons. The van der Waals surface area contributed by atoms with E-state index in [1.165, 1.54) is 30.3 Å². The molecule has 0 saturated carbocycles. The number of anilines is 1. The number of rotatable bonds is 4. The molecule has 21 heavy (non-hydrogen) atoms. The van der Waals surface area contributed by atoms with Gasteiger partial charge in [-0.15, -0.1) is 0 Å². The second-order valence-corrected chi connectivity index (χ2v) is 4.27. The van der Waals surface area contributed by atoms with Crippen LogP contribution in [0.15, 0.2) is 36.4 Å². The van der Waals surface area contributed by atoms with E-state index in [0.717, 1.165) is 6.07 Å². The molecule has 0 bridgehead atoms. The first-order chi connectivity index (χ1) is 10.0. The molecule has 0 saturated heterocycles. The van der Waals surface area contributed by atoms with Gasteiger partial charge < -0.3 is 15.6 Å². The van der Waals surface area contributed by atoms with Gasteiger partial charge in [-0.3, -0.25) is 0 Å². The molecule has 0 aliphatic rings. The van der Waals surface area contributed by atoms with E-state index < -0.39 is 11.8 Å². The van der Waals surface area contributed by atoms with Crippen LogP contribution in [-0.4, -0.2) is 11.1 Å². The number of ether oxygens (including phenoxy) is 1. The van der Waals surface area contributed by atoms with Crippen LogP contribution in [0.4, 0.5) is 10.1 Å². The number of carboxylic acid groups (broad SMARTS) is 1. The second kappa shape index (κ2) is 5.92. The van der Waals surface area contributed by atoms with E-state index >= 15 is 0 Å². The number of hydrogen-bond acceptors (Lipinski definition) is 4. The van der Waals surface area contributed by atoms with Crippen LogP contribution in [0.5, 0.6) is 5.75 Å². The highest BCUT2D eigenvalue weighted by Crippen LogP contribution is 2.23. The molecule has 3 N–H and O–H groups in total. The molecule has 0 fully saturated rings. The van der Waals surface area contributed by atoms with Crippen LogP contribution in [0, 0.1) is 17.1 Å². The largest absolute Gasteiger partial charge is 0.488 e. The molecule has 0 spiro atoms. The van der Waals surface area contributed by atoms with Crippen molar-refractivity contribution in [2.24, 2.45) is 0 Å². The number of nitrogens with zero attached hydrogens (tertiary/aromatic N) is 1. The van der Waals surface area contributed by atoms with Gasteiger partial charge in [0.25, 0.3) is 0 Å². The summed E-state index contributed by atoms with van der Waals surface area (Å²) in [5.41, 5.74) is 6.28. The highest BCUT2D eigenvalue weighted by molar-refractivity contribution is 5.91. The maximum Gasteiger partial charge on any atom is 0.339 e. The number of nitrogen functional groups attached to an aromatic ring is 1. The molecular weight excluding hydrogens is 275 g/mol. The summed E-state index contributed by atoms with van der Waals surface area (Å²) in [4.78, 5) is 11.1. The number of hydrogen-bond donors (Lipinski definition) is 2. The van der Waals surface area contributed by atoms with Crippen molar-refractivity contribution < 1.29 is 19.0 Å². The van der Waals surface area contributed by atoms with Crippen LogP contribution in [0.1, 0.15) is 21.5 Å². The van der Waals surface area contributed by atoms with Crippen LogP contribution in [0.25, 0.3) is 0 Å². The van der Waals surface area contributed by atoms with Crippen LogP contribution < -0.4 is 10.5 Å². The molecule has 6 heteroatoms. The summed E-state index contributed by atoms with van der Waals surface area (Å²) in [5.74, 6) is -1.69. The van der Waals surface area contributed by atoms with Crippen molar-refractivity contribution in [3.8, 4) is 11.8 Å². The average molecular weight is 286 g/mol. The molecule has 0 radical (unpaired) electrons. The minimum atomic E-state index is -1.16. The Hall–Kier alpha value is -3.07. The van der Waals surface area contributed by atoms with Crippen molar-refractivity contribution in [2.45, 2.75) is 6.61 Å². The quantitative estimate of drug-likeness (QED) is 0.842. The first-order valence-electron chi connectivity index (χ1n) is 5.95. The molecule has 0 atom stereocenters. The Labute approximate surface area is 120 Å². The highest BCUT2D eigenvalue weighted by atomic mass is 19.1. The lowest BCUT2D eigenvalue weighted by atomic mass is 10.1. The SMILES string of the molecule is N#Cc1ccc(COc2cc(N)ccc2C(=O)O)c(F)c1. The Morgan fingerprint density at radius 1 is 1.33 bits per heavy atom. The highest BCUT2D eigenvalue weighted by Gasteiger charge is 2.12. The molecule has 0 aliphatic carbocycles. The molecule has 5 nitrogen and oxygen atoms in total. The molecule has 2 aromatic rings. The zero-order valence-electron chi connectivity index (χ0n) is 10.8. The normalized spacial score (nSPS) is 9.90. The third-order valence-corrected chi connectivity index (χ3v) is 2.80. The van der Waals surface area contributed by atoms with E-state index in [-0.39, 0.29) is 29.0 Å². The number of aromatic carboxylic acids is 1. The van der Waals surface area contributed by atoms with Gasteiger partial charge in [0.05, 0.1) is 11.6 Å². The number of carbonyl (C=O) groups is 1. The van der Waals surface area contributed by atoms with Crippen molar-refractivity contribution in [3.05, 3.63) is 58.9 Å². The summed E-state index contributed by atoms with van der Waals surface area (Å²) in [7, 11) is 0. The van der Waals surface area contributed by atoms with Crippen molar-refractivity contribution in [1.82, 2.24) is 0 Å². The third-order valence-electron chi connectivity index (χ3n) is 2.80. The third kappa shape index (κ3) is 3.28. The minimum Gasteiger partial charge on any atom is -0.488 e. The summed E-state index contributed by atoms with van der Waals surface area (Å²) >= 11 is 0. The van der Waals surface area contributed by atoms with Crippen molar-refractivity contribution in [2.75, 3.05) is 5.73 Å². The Morgan fingerprint density at radius 2 is 2.10 bits per heavy atom. The van der Waals surface area contributed by atoms with E-state index in [4.69, 9.17) is 20.8 Å².